The molecule has 0 spiro atoms. The molecule has 0 bridgehead atoms. The van der Waals surface area contributed by atoms with Crippen LogP contribution in [0, 0.1) is 11.6 Å². The Labute approximate surface area is 139 Å². The van der Waals surface area contributed by atoms with Gasteiger partial charge < -0.3 is 19.6 Å². The average Bonchev–Trinajstić information content (AvgIpc) is 2.55. The van der Waals surface area contributed by atoms with E-state index in [0.29, 0.717) is 44.7 Å². The second kappa shape index (κ2) is 7.34. The first-order chi connectivity index (χ1) is 11.5. The summed E-state index contributed by atoms with van der Waals surface area (Å²) in [6.45, 7) is 2.02. The van der Waals surface area contributed by atoms with Gasteiger partial charge in [-0.25, -0.2) is 13.6 Å². The number of likely N-dealkylation sites (tertiary alicyclic amines) is 1. The summed E-state index contributed by atoms with van der Waals surface area (Å²) < 4.78 is 32.5. The maximum Gasteiger partial charge on any atom is 0.410 e. The number of halogens is 2. The lowest BCUT2D eigenvalue weighted by molar-refractivity contribution is 0.0332. The van der Waals surface area contributed by atoms with Gasteiger partial charge >= 0.3 is 6.09 Å². The molecule has 1 aromatic rings. The van der Waals surface area contributed by atoms with E-state index in [2.05, 4.69) is 0 Å². The number of aliphatic hydroxyl groups excluding tert-OH is 1. The molecule has 0 saturated carbocycles. The summed E-state index contributed by atoms with van der Waals surface area (Å²) in [6.07, 6.45) is 1.57. The summed E-state index contributed by atoms with van der Waals surface area (Å²) in [7, 11) is 0. The first-order valence-corrected chi connectivity index (χ1v) is 8.36. The minimum Gasteiger partial charge on any atom is -0.444 e. The molecule has 2 saturated heterocycles. The molecule has 3 rings (SSSR count). The number of carbonyl (C=O) groups is 1. The molecular formula is C17H22F2N2O3. The van der Waals surface area contributed by atoms with Crippen LogP contribution in [0.4, 0.5) is 19.3 Å². The molecule has 1 atom stereocenters. The first kappa shape index (κ1) is 17.0. The smallest absolute Gasteiger partial charge is 0.410 e. The third kappa shape index (κ3) is 3.95. The Bertz CT molecular complexity index is 591. The third-order valence-corrected chi connectivity index (χ3v) is 4.62. The van der Waals surface area contributed by atoms with Gasteiger partial charge in [-0.05, 0) is 37.8 Å². The van der Waals surface area contributed by atoms with Gasteiger partial charge in [-0.2, -0.15) is 0 Å². The van der Waals surface area contributed by atoms with E-state index in [1.165, 1.54) is 12.1 Å². The van der Waals surface area contributed by atoms with Crippen molar-refractivity contribution in [2.24, 2.45) is 0 Å². The molecule has 2 heterocycles. The molecule has 2 aliphatic heterocycles. The lowest BCUT2D eigenvalue weighted by Crippen LogP contribution is -2.45. The van der Waals surface area contributed by atoms with E-state index >= 15 is 0 Å². The molecule has 2 fully saturated rings. The monoisotopic (exact) mass is 340 g/mol. The average molecular weight is 340 g/mol. The number of hydrogen-bond donors (Lipinski definition) is 1. The van der Waals surface area contributed by atoms with Crippen LogP contribution in [0.2, 0.25) is 0 Å². The van der Waals surface area contributed by atoms with Gasteiger partial charge in [-0.1, -0.05) is 0 Å². The molecule has 7 heteroatoms. The number of piperidine rings is 2. The molecule has 1 N–H and O–H groups in total. The number of aliphatic hydroxyl groups is 1. The zero-order valence-electron chi connectivity index (χ0n) is 13.5. The molecule has 1 unspecified atom stereocenters. The van der Waals surface area contributed by atoms with Crippen molar-refractivity contribution in [1.29, 1.82) is 0 Å². The Morgan fingerprint density at radius 3 is 2.62 bits per heavy atom. The van der Waals surface area contributed by atoms with E-state index < -0.39 is 11.6 Å². The molecular weight excluding hydrogens is 318 g/mol. The number of amides is 1. The summed E-state index contributed by atoms with van der Waals surface area (Å²) in [4.78, 5) is 15.6. The van der Waals surface area contributed by atoms with Gasteiger partial charge in [0.1, 0.15) is 17.7 Å². The van der Waals surface area contributed by atoms with Crippen LogP contribution in [0.25, 0.3) is 0 Å². The van der Waals surface area contributed by atoms with E-state index in [4.69, 9.17) is 4.74 Å². The second-order valence-corrected chi connectivity index (χ2v) is 6.41. The third-order valence-electron chi connectivity index (χ3n) is 4.62. The van der Waals surface area contributed by atoms with Crippen molar-refractivity contribution in [2.75, 3.05) is 31.1 Å². The van der Waals surface area contributed by atoms with Crippen LogP contribution in [0.1, 0.15) is 25.7 Å². The predicted octanol–water partition coefficient (Wildman–Crippen LogP) is 2.53. The zero-order chi connectivity index (χ0) is 17.1. The Hall–Kier alpha value is -1.89. The number of carbonyl (C=O) groups excluding carboxylic acids is 1. The van der Waals surface area contributed by atoms with Crippen LogP contribution in [-0.2, 0) is 4.74 Å². The van der Waals surface area contributed by atoms with Crippen molar-refractivity contribution in [1.82, 2.24) is 4.90 Å². The summed E-state index contributed by atoms with van der Waals surface area (Å²) in [5.74, 6) is -1.21. The Kier molecular flexibility index (Phi) is 5.18. The number of rotatable bonds is 2. The van der Waals surface area contributed by atoms with Gasteiger partial charge in [0.2, 0.25) is 0 Å². The lowest BCUT2D eigenvalue weighted by atomic mass is 10.1. The molecule has 24 heavy (non-hydrogen) atoms. The number of nitrogens with zero attached hydrogens (tertiary/aromatic N) is 2. The molecule has 1 aromatic carbocycles. The fourth-order valence-corrected chi connectivity index (χ4v) is 3.26. The Morgan fingerprint density at radius 1 is 1.17 bits per heavy atom. The Balaban J connectivity index is 1.58. The first-order valence-electron chi connectivity index (χ1n) is 8.36. The van der Waals surface area contributed by atoms with Crippen LogP contribution >= 0.6 is 0 Å². The van der Waals surface area contributed by atoms with Crippen LogP contribution in [0.5, 0.6) is 0 Å². The highest BCUT2D eigenvalue weighted by Crippen LogP contribution is 2.25. The molecule has 0 aliphatic carbocycles. The van der Waals surface area contributed by atoms with Crippen molar-refractivity contribution in [3.8, 4) is 0 Å². The highest BCUT2D eigenvalue weighted by molar-refractivity contribution is 5.68. The quantitative estimate of drug-likeness (QED) is 0.899. The minimum absolute atomic E-state index is 0.317. The molecule has 0 radical (unpaired) electrons. The van der Waals surface area contributed by atoms with Crippen molar-refractivity contribution in [3.63, 3.8) is 0 Å². The predicted molar refractivity (Wildman–Crippen MR) is 84.9 cm³/mol. The SMILES string of the molecule is O=C(OC1CCCN(c2ccc(F)cc2F)C1)N1CCC(O)CC1. The second-order valence-electron chi connectivity index (χ2n) is 6.41. The fraction of sp³-hybridized carbons (Fsp3) is 0.588. The summed E-state index contributed by atoms with van der Waals surface area (Å²) >= 11 is 0. The topological polar surface area (TPSA) is 53.0 Å². The van der Waals surface area contributed by atoms with Crippen LogP contribution < -0.4 is 4.90 Å². The van der Waals surface area contributed by atoms with Crippen LogP contribution in [0.15, 0.2) is 18.2 Å². The summed E-state index contributed by atoms with van der Waals surface area (Å²) in [5, 5.41) is 9.49. The molecule has 0 aromatic heterocycles. The van der Waals surface area contributed by atoms with E-state index in [9.17, 15) is 18.7 Å². The van der Waals surface area contributed by atoms with Gasteiger partial charge in [0.15, 0.2) is 0 Å². The number of hydrogen-bond acceptors (Lipinski definition) is 4. The van der Waals surface area contributed by atoms with E-state index in [1.54, 1.807) is 9.80 Å². The van der Waals surface area contributed by atoms with Gasteiger partial charge in [-0.15, -0.1) is 0 Å². The minimum atomic E-state index is -0.608. The van der Waals surface area contributed by atoms with E-state index in [1.807, 2.05) is 0 Å². The highest BCUT2D eigenvalue weighted by Gasteiger charge is 2.28. The largest absolute Gasteiger partial charge is 0.444 e. The molecule has 132 valence electrons. The maximum atomic E-state index is 13.9. The molecule has 2 aliphatic rings. The molecule has 5 nitrogen and oxygen atoms in total. The summed E-state index contributed by atoms with van der Waals surface area (Å²) in [6, 6.07) is 3.51. The van der Waals surface area contributed by atoms with Gasteiger partial charge in [0.25, 0.3) is 0 Å². The maximum absolute atomic E-state index is 13.9. The van der Waals surface area contributed by atoms with Crippen LogP contribution in [0.3, 0.4) is 0 Å². The zero-order valence-corrected chi connectivity index (χ0v) is 13.5. The van der Waals surface area contributed by atoms with Crippen molar-refractivity contribution >= 4 is 11.8 Å². The number of benzene rings is 1. The standard InChI is InChI=1S/C17H22F2N2O3/c18-12-3-4-16(15(19)10-12)21-7-1-2-14(11-21)24-17(23)20-8-5-13(22)6-9-20/h3-4,10,13-14,22H,1-2,5-9,11H2. The highest BCUT2D eigenvalue weighted by atomic mass is 19.1. The normalized spacial score (nSPS) is 22.5. The van der Waals surface area contributed by atoms with E-state index in [-0.39, 0.29) is 18.3 Å². The van der Waals surface area contributed by atoms with Gasteiger partial charge in [-0.3, -0.25) is 0 Å². The van der Waals surface area contributed by atoms with Gasteiger partial charge in [0.05, 0.1) is 18.3 Å². The van der Waals surface area contributed by atoms with Crippen molar-refractivity contribution in [2.45, 2.75) is 37.9 Å². The molecule has 1 amide bonds. The van der Waals surface area contributed by atoms with Crippen molar-refractivity contribution in [3.05, 3.63) is 29.8 Å². The van der Waals surface area contributed by atoms with Gasteiger partial charge in [0, 0.05) is 25.7 Å². The fourth-order valence-electron chi connectivity index (χ4n) is 3.26. The Morgan fingerprint density at radius 2 is 1.92 bits per heavy atom. The lowest BCUT2D eigenvalue weighted by Gasteiger charge is -2.36. The number of ether oxygens (including phenoxy) is 1. The van der Waals surface area contributed by atoms with E-state index in [0.717, 1.165) is 18.9 Å². The van der Waals surface area contributed by atoms with Crippen molar-refractivity contribution < 1.29 is 23.4 Å². The van der Waals surface area contributed by atoms with Crippen LogP contribution in [-0.4, -0.2) is 54.5 Å². The summed E-state index contributed by atoms with van der Waals surface area (Å²) in [5.41, 5.74) is 0.332. The number of anilines is 1.